The Morgan fingerprint density at radius 2 is 1.97 bits per heavy atom. The average molecular weight is 495 g/mol. The summed E-state index contributed by atoms with van der Waals surface area (Å²) in [7, 11) is 0. The molecule has 3 aromatic carbocycles. The molecule has 4 aromatic rings. The molecule has 0 spiro atoms. The number of aromatic nitrogens is 2. The summed E-state index contributed by atoms with van der Waals surface area (Å²) in [5, 5.41) is 17.7. The summed E-state index contributed by atoms with van der Waals surface area (Å²) in [6.45, 7) is 2.77. The number of hydrogen-bond acceptors (Lipinski definition) is 5. The van der Waals surface area contributed by atoms with Gasteiger partial charge in [0.05, 0.1) is 18.6 Å². The lowest BCUT2D eigenvalue weighted by Crippen LogP contribution is -2.36. The molecule has 0 bridgehead atoms. The second-order valence-corrected chi connectivity index (χ2v) is 8.69. The maximum atomic E-state index is 12.4. The van der Waals surface area contributed by atoms with Crippen molar-refractivity contribution in [2.75, 3.05) is 12.4 Å². The van der Waals surface area contributed by atoms with E-state index in [9.17, 15) is 9.90 Å². The molecule has 0 atom stereocenters. The van der Waals surface area contributed by atoms with Crippen molar-refractivity contribution in [3.63, 3.8) is 0 Å². The van der Waals surface area contributed by atoms with Crippen LogP contribution in [0.4, 0.5) is 0 Å². The highest BCUT2D eigenvalue weighted by molar-refractivity contribution is 7.99. The van der Waals surface area contributed by atoms with Gasteiger partial charge in [0.25, 0.3) is 5.91 Å². The minimum Gasteiger partial charge on any atom is -0.870 e. The number of carbonyl (C=O) groups is 1. The van der Waals surface area contributed by atoms with Crippen molar-refractivity contribution in [1.82, 2.24) is 10.4 Å². The van der Waals surface area contributed by atoms with Crippen LogP contribution in [0.25, 0.3) is 11.0 Å². The largest absolute Gasteiger partial charge is 0.870 e. The predicted molar refractivity (Wildman–Crippen MR) is 133 cm³/mol. The SMILES string of the molecule is CCOc1cccc(C=NNC(=O)CSc2[nH]c3ccccc3[n+]2Cc2ccccc2Cl)c1[O-]. The Labute approximate surface area is 206 Å². The van der Waals surface area contributed by atoms with Crippen LogP contribution in [-0.4, -0.2) is 29.5 Å². The van der Waals surface area contributed by atoms with Gasteiger partial charge in [-0.05, 0) is 48.5 Å². The van der Waals surface area contributed by atoms with Gasteiger partial charge in [-0.15, -0.1) is 0 Å². The zero-order valence-electron chi connectivity index (χ0n) is 18.5. The molecule has 0 fully saturated rings. The molecule has 0 aliphatic carbocycles. The number of hydrazone groups is 1. The first kappa shape index (κ1) is 23.7. The van der Waals surface area contributed by atoms with Gasteiger partial charge in [0.2, 0.25) is 0 Å². The van der Waals surface area contributed by atoms with Gasteiger partial charge in [0.1, 0.15) is 12.3 Å². The van der Waals surface area contributed by atoms with Crippen LogP contribution >= 0.6 is 23.4 Å². The molecular formula is C25H23ClN4O3S. The van der Waals surface area contributed by atoms with Crippen molar-refractivity contribution in [2.24, 2.45) is 5.10 Å². The lowest BCUT2D eigenvalue weighted by molar-refractivity contribution is -0.700. The standard InChI is InChI=1S/C25H23ClN4O3S/c1-2-33-22-13-7-9-17(24(22)32)14-27-29-23(31)16-34-25-28-20-11-5-6-12-21(20)30(25)15-18-8-3-4-10-19(18)26/h3-14H,2,15-16H2,1H3,(H2,27,29,31,32). The molecule has 174 valence electrons. The first-order valence-corrected chi connectivity index (χ1v) is 12.0. The summed E-state index contributed by atoms with van der Waals surface area (Å²) in [6.07, 6.45) is 1.33. The summed E-state index contributed by atoms with van der Waals surface area (Å²) in [6, 6.07) is 20.6. The molecule has 0 saturated carbocycles. The van der Waals surface area contributed by atoms with Gasteiger partial charge in [-0.2, -0.15) is 5.10 Å². The van der Waals surface area contributed by atoms with Crippen molar-refractivity contribution in [3.05, 3.63) is 82.9 Å². The topological polar surface area (TPSA) is 93.4 Å². The molecule has 1 amide bonds. The molecule has 7 nitrogen and oxygen atoms in total. The third kappa shape index (κ3) is 5.52. The Bertz CT molecular complexity index is 1340. The number of fused-ring (bicyclic) bond motifs is 1. The predicted octanol–water partition coefficient (Wildman–Crippen LogP) is 3.87. The van der Waals surface area contributed by atoms with E-state index in [2.05, 4.69) is 20.1 Å². The zero-order chi connectivity index (χ0) is 23.9. The van der Waals surface area contributed by atoms with Crippen LogP contribution in [0.1, 0.15) is 18.1 Å². The smallest absolute Gasteiger partial charge is 0.317 e. The van der Waals surface area contributed by atoms with Crippen LogP contribution in [0.15, 0.2) is 77.0 Å². The summed E-state index contributed by atoms with van der Waals surface area (Å²) < 4.78 is 7.40. The summed E-state index contributed by atoms with van der Waals surface area (Å²) in [5.74, 6) is -0.168. The van der Waals surface area contributed by atoms with Crippen molar-refractivity contribution >= 4 is 46.5 Å². The molecule has 9 heteroatoms. The number of H-pyrrole nitrogens is 1. The van der Waals surface area contributed by atoms with Gasteiger partial charge in [-0.3, -0.25) is 4.79 Å². The van der Waals surface area contributed by atoms with Crippen LogP contribution < -0.4 is 19.8 Å². The minimum atomic E-state index is -0.294. The Hall–Kier alpha value is -3.49. The molecule has 1 aromatic heterocycles. The van der Waals surface area contributed by atoms with Crippen LogP contribution in [0, 0.1) is 0 Å². The number of halogens is 1. The van der Waals surface area contributed by atoms with Crippen LogP contribution in [0.5, 0.6) is 11.5 Å². The number of imidazole rings is 1. The van der Waals surface area contributed by atoms with E-state index in [1.807, 2.05) is 55.5 Å². The molecule has 1 heterocycles. The number of thioether (sulfide) groups is 1. The molecule has 34 heavy (non-hydrogen) atoms. The molecule has 4 rings (SSSR count). The van der Waals surface area contributed by atoms with Crippen LogP contribution in [-0.2, 0) is 11.3 Å². The number of benzene rings is 3. The van der Waals surface area contributed by atoms with E-state index >= 15 is 0 Å². The lowest BCUT2D eigenvalue weighted by Gasteiger charge is -2.15. The minimum absolute atomic E-state index is 0.135. The maximum Gasteiger partial charge on any atom is 0.317 e. The highest BCUT2D eigenvalue weighted by atomic mass is 35.5. The number of amides is 1. The van der Waals surface area contributed by atoms with Crippen molar-refractivity contribution < 1.29 is 19.2 Å². The summed E-state index contributed by atoms with van der Waals surface area (Å²) >= 11 is 7.74. The van der Waals surface area contributed by atoms with Gasteiger partial charge >= 0.3 is 5.16 Å². The van der Waals surface area contributed by atoms with E-state index in [0.717, 1.165) is 21.8 Å². The van der Waals surface area contributed by atoms with E-state index in [0.29, 0.717) is 23.7 Å². The molecule has 0 aliphatic heterocycles. The number of para-hydroxylation sites is 3. The molecule has 2 N–H and O–H groups in total. The average Bonchev–Trinajstić information content (AvgIpc) is 3.19. The Morgan fingerprint density at radius 3 is 2.79 bits per heavy atom. The monoisotopic (exact) mass is 494 g/mol. The zero-order valence-corrected chi connectivity index (χ0v) is 20.0. The van der Waals surface area contributed by atoms with Crippen LogP contribution in [0.3, 0.4) is 0 Å². The van der Waals surface area contributed by atoms with E-state index in [-0.39, 0.29) is 23.2 Å². The van der Waals surface area contributed by atoms with E-state index in [1.54, 1.807) is 18.2 Å². The number of aromatic amines is 1. The number of carbonyl (C=O) groups excluding carboxylic acids is 1. The quantitative estimate of drug-likeness (QED) is 0.160. The van der Waals surface area contributed by atoms with Gasteiger partial charge < -0.3 is 9.84 Å². The number of hydrogen-bond donors (Lipinski definition) is 2. The van der Waals surface area contributed by atoms with Gasteiger partial charge in [0.15, 0.2) is 11.0 Å². The molecular weight excluding hydrogens is 472 g/mol. The fraction of sp³-hybridized carbons (Fsp3) is 0.160. The number of rotatable bonds is 9. The molecule has 0 radical (unpaired) electrons. The first-order valence-electron chi connectivity index (χ1n) is 10.7. The lowest BCUT2D eigenvalue weighted by atomic mass is 10.2. The normalized spacial score (nSPS) is 11.2. The number of ether oxygens (including phenoxy) is 1. The third-order valence-corrected chi connectivity index (χ3v) is 6.38. The summed E-state index contributed by atoms with van der Waals surface area (Å²) in [5.41, 5.74) is 5.78. The van der Waals surface area contributed by atoms with Gasteiger partial charge in [-0.25, -0.2) is 15.0 Å². The van der Waals surface area contributed by atoms with E-state index < -0.39 is 0 Å². The van der Waals surface area contributed by atoms with Crippen LogP contribution in [0.2, 0.25) is 5.02 Å². The Morgan fingerprint density at radius 1 is 1.18 bits per heavy atom. The number of nitrogens with one attached hydrogen (secondary N) is 2. The highest BCUT2D eigenvalue weighted by Crippen LogP contribution is 2.25. The molecule has 0 aliphatic rings. The van der Waals surface area contributed by atoms with E-state index in [4.69, 9.17) is 16.3 Å². The first-order chi connectivity index (χ1) is 16.6. The second kappa shape index (κ2) is 11.1. The Balaban J connectivity index is 1.44. The second-order valence-electron chi connectivity index (χ2n) is 7.31. The van der Waals surface area contributed by atoms with Crippen molar-refractivity contribution in [2.45, 2.75) is 18.6 Å². The van der Waals surface area contributed by atoms with Gasteiger partial charge in [0, 0.05) is 10.6 Å². The summed E-state index contributed by atoms with van der Waals surface area (Å²) in [4.78, 5) is 15.8. The molecule has 0 saturated heterocycles. The fourth-order valence-corrected chi connectivity index (χ4v) is 4.45. The van der Waals surface area contributed by atoms with E-state index in [1.165, 1.54) is 18.0 Å². The highest BCUT2D eigenvalue weighted by Gasteiger charge is 2.21. The van der Waals surface area contributed by atoms with Crippen molar-refractivity contribution in [3.8, 4) is 11.5 Å². The molecule has 0 unspecified atom stereocenters. The maximum absolute atomic E-state index is 12.4. The fourth-order valence-electron chi connectivity index (χ4n) is 3.42. The Kier molecular flexibility index (Phi) is 7.72. The number of nitrogens with zero attached hydrogens (tertiary/aromatic N) is 2. The van der Waals surface area contributed by atoms with Crippen molar-refractivity contribution in [1.29, 1.82) is 0 Å². The third-order valence-electron chi connectivity index (χ3n) is 5.01. The van der Waals surface area contributed by atoms with Gasteiger partial charge in [-0.1, -0.05) is 59.8 Å².